The summed E-state index contributed by atoms with van der Waals surface area (Å²) in [4.78, 5) is 22.6. The number of aromatic amines is 1. The number of hydrogen-bond donors (Lipinski definition) is 3. The summed E-state index contributed by atoms with van der Waals surface area (Å²) in [5.41, 5.74) is 5.41. The van der Waals surface area contributed by atoms with Gasteiger partial charge in [0.1, 0.15) is 0 Å². The van der Waals surface area contributed by atoms with Gasteiger partial charge >= 0.3 is 0 Å². The van der Waals surface area contributed by atoms with Gasteiger partial charge in [0.25, 0.3) is 11.3 Å². The fraction of sp³-hybridized carbons (Fsp3) is 0.600. The highest BCUT2D eigenvalue weighted by molar-refractivity contribution is 5.34. The first-order valence-electron chi connectivity index (χ1n) is 8.00. The van der Waals surface area contributed by atoms with Crippen LogP contribution in [-0.4, -0.2) is 49.3 Å². The number of nitriles is 1. The van der Waals surface area contributed by atoms with E-state index in [9.17, 15) is 15.2 Å². The maximum atomic E-state index is 12.0. The van der Waals surface area contributed by atoms with E-state index in [4.69, 9.17) is 5.73 Å². The third-order valence-electron chi connectivity index (χ3n) is 5.61. The molecule has 3 heterocycles. The van der Waals surface area contributed by atoms with E-state index in [1.54, 1.807) is 0 Å². The van der Waals surface area contributed by atoms with Crippen molar-refractivity contribution in [3.63, 3.8) is 0 Å². The van der Waals surface area contributed by atoms with Gasteiger partial charge in [0, 0.05) is 12.6 Å². The minimum atomic E-state index is -0.540. The van der Waals surface area contributed by atoms with E-state index in [1.165, 1.54) is 10.6 Å². The fourth-order valence-electron chi connectivity index (χ4n) is 4.00. The molecule has 0 amide bonds. The van der Waals surface area contributed by atoms with Crippen LogP contribution in [0.2, 0.25) is 0 Å². The van der Waals surface area contributed by atoms with Crippen LogP contribution in [-0.2, 0) is 6.54 Å². The minimum Gasteiger partial charge on any atom is -0.395 e. The van der Waals surface area contributed by atoms with Crippen LogP contribution in [0.1, 0.15) is 25.0 Å². The summed E-state index contributed by atoms with van der Waals surface area (Å²) < 4.78 is 1.22. The predicted octanol–water partition coefficient (Wildman–Crippen LogP) is -0.512. The van der Waals surface area contributed by atoms with Gasteiger partial charge in [-0.25, -0.2) is 4.98 Å². The molecule has 1 saturated heterocycles. The number of likely N-dealkylation sites (tertiary alicyclic amines) is 1. The van der Waals surface area contributed by atoms with Crippen LogP contribution in [0, 0.1) is 22.2 Å². The molecule has 4 rings (SSSR count). The Hall–Kier alpha value is -2.44. The zero-order valence-electron chi connectivity index (χ0n) is 13.2. The quantitative estimate of drug-likeness (QED) is 0.689. The molecular formula is C15H19N7O2. The van der Waals surface area contributed by atoms with Gasteiger partial charge < -0.3 is 10.8 Å². The molecule has 0 bridgehead atoms. The summed E-state index contributed by atoms with van der Waals surface area (Å²) in [7, 11) is 0. The number of aromatic nitrogens is 4. The fourth-order valence-corrected chi connectivity index (χ4v) is 4.00. The first-order chi connectivity index (χ1) is 11.5. The van der Waals surface area contributed by atoms with Crippen LogP contribution in [0.3, 0.4) is 0 Å². The second-order valence-electron chi connectivity index (χ2n) is 6.92. The summed E-state index contributed by atoms with van der Waals surface area (Å²) in [6.45, 7) is 2.16. The SMILES string of the molecule is N#CC1(CO)CC12CCN(Cc1cc(=O)n3[nH]c(N)nc3n1)CC2. The van der Waals surface area contributed by atoms with Crippen molar-refractivity contribution in [2.75, 3.05) is 25.4 Å². The van der Waals surface area contributed by atoms with Crippen molar-refractivity contribution in [2.45, 2.75) is 25.8 Å². The number of aliphatic hydroxyl groups excluding tert-OH is 1. The number of nitrogens with two attached hydrogens (primary N) is 1. The van der Waals surface area contributed by atoms with Crippen LogP contribution in [0.4, 0.5) is 5.95 Å². The molecule has 2 aromatic rings. The third kappa shape index (κ3) is 2.11. The third-order valence-corrected chi connectivity index (χ3v) is 5.61. The van der Waals surface area contributed by atoms with Crippen molar-refractivity contribution < 1.29 is 5.11 Å². The second-order valence-corrected chi connectivity index (χ2v) is 6.92. The van der Waals surface area contributed by atoms with Crippen LogP contribution < -0.4 is 11.3 Å². The van der Waals surface area contributed by atoms with Gasteiger partial charge in [0.15, 0.2) is 0 Å². The monoisotopic (exact) mass is 329 g/mol. The molecule has 1 spiro atoms. The number of nitrogens with one attached hydrogen (secondary N) is 1. The Labute approximate surface area is 137 Å². The Morgan fingerprint density at radius 3 is 2.79 bits per heavy atom. The topological polar surface area (TPSA) is 136 Å². The number of nitrogens with zero attached hydrogens (tertiary/aromatic N) is 5. The maximum Gasteiger partial charge on any atom is 0.274 e. The molecule has 9 nitrogen and oxygen atoms in total. The molecule has 1 unspecified atom stereocenters. The van der Waals surface area contributed by atoms with E-state index < -0.39 is 5.41 Å². The van der Waals surface area contributed by atoms with Crippen molar-refractivity contribution in [3.05, 3.63) is 22.1 Å². The Morgan fingerprint density at radius 2 is 2.17 bits per heavy atom. The number of H-pyrrole nitrogens is 1. The first kappa shape index (κ1) is 15.1. The van der Waals surface area contributed by atoms with Crippen molar-refractivity contribution >= 4 is 11.7 Å². The molecule has 1 atom stereocenters. The van der Waals surface area contributed by atoms with Crippen molar-refractivity contribution in [1.29, 1.82) is 5.26 Å². The highest BCUT2D eigenvalue weighted by Gasteiger charge is 2.67. The summed E-state index contributed by atoms with van der Waals surface area (Å²) in [5, 5.41) is 21.5. The van der Waals surface area contributed by atoms with E-state index in [0.717, 1.165) is 32.4 Å². The van der Waals surface area contributed by atoms with Gasteiger partial charge in [-0.2, -0.15) is 14.8 Å². The van der Waals surface area contributed by atoms with E-state index in [0.29, 0.717) is 12.2 Å². The number of anilines is 1. The van der Waals surface area contributed by atoms with Crippen LogP contribution >= 0.6 is 0 Å². The molecular weight excluding hydrogens is 310 g/mol. The Kier molecular flexibility index (Phi) is 3.16. The number of nitrogen functional groups attached to an aromatic ring is 1. The number of hydrogen-bond acceptors (Lipinski definition) is 7. The Balaban J connectivity index is 1.47. The number of piperidine rings is 1. The standard InChI is InChI=1S/C15H19N7O2/c16-8-15(9-23)7-14(15)1-3-21(4-2-14)6-10-5-11(24)22-13(18-10)19-12(17)20-22/h5,23H,1-4,6-7,9H2,(H3,17,18,19,20). The maximum absolute atomic E-state index is 12.0. The van der Waals surface area contributed by atoms with Crippen LogP contribution in [0.5, 0.6) is 0 Å². The van der Waals surface area contributed by atoms with E-state index in [1.807, 2.05) is 0 Å². The van der Waals surface area contributed by atoms with Crippen LogP contribution in [0.15, 0.2) is 10.9 Å². The van der Waals surface area contributed by atoms with Crippen molar-refractivity contribution in [2.24, 2.45) is 10.8 Å². The van der Waals surface area contributed by atoms with E-state index >= 15 is 0 Å². The molecule has 24 heavy (non-hydrogen) atoms. The van der Waals surface area contributed by atoms with Crippen molar-refractivity contribution in [3.8, 4) is 6.07 Å². The lowest BCUT2D eigenvalue weighted by molar-refractivity contribution is 0.123. The highest BCUT2D eigenvalue weighted by Crippen LogP contribution is 2.68. The van der Waals surface area contributed by atoms with Crippen molar-refractivity contribution in [1.82, 2.24) is 24.5 Å². The average molecular weight is 329 g/mol. The summed E-state index contributed by atoms with van der Waals surface area (Å²) in [6.07, 6.45) is 2.56. The Morgan fingerprint density at radius 1 is 1.42 bits per heavy atom. The van der Waals surface area contributed by atoms with Gasteiger partial charge in [-0.1, -0.05) is 0 Å². The predicted molar refractivity (Wildman–Crippen MR) is 84.7 cm³/mol. The number of rotatable bonds is 3. The van der Waals surface area contributed by atoms with Gasteiger partial charge in [0.2, 0.25) is 5.95 Å². The molecule has 4 N–H and O–H groups in total. The molecule has 0 radical (unpaired) electrons. The normalized spacial score (nSPS) is 25.8. The van der Waals surface area contributed by atoms with Crippen LogP contribution in [0.25, 0.3) is 5.78 Å². The molecule has 1 saturated carbocycles. The molecule has 1 aliphatic heterocycles. The first-order valence-corrected chi connectivity index (χ1v) is 8.00. The van der Waals surface area contributed by atoms with Gasteiger partial charge in [-0.05, 0) is 37.8 Å². The lowest BCUT2D eigenvalue weighted by Gasteiger charge is -2.33. The summed E-state index contributed by atoms with van der Waals surface area (Å²) >= 11 is 0. The second kappa shape index (κ2) is 5.03. The van der Waals surface area contributed by atoms with Gasteiger partial charge in [-0.3, -0.25) is 14.8 Å². The largest absolute Gasteiger partial charge is 0.395 e. The molecule has 2 fully saturated rings. The minimum absolute atomic E-state index is 0.0272. The molecule has 9 heteroatoms. The highest BCUT2D eigenvalue weighted by atomic mass is 16.3. The van der Waals surface area contributed by atoms with E-state index in [-0.39, 0.29) is 29.3 Å². The molecule has 126 valence electrons. The lowest BCUT2D eigenvalue weighted by atomic mass is 9.85. The number of fused-ring (bicyclic) bond motifs is 1. The Bertz CT molecular complexity index is 887. The van der Waals surface area contributed by atoms with Gasteiger partial charge in [-0.15, -0.1) is 0 Å². The molecule has 1 aliphatic carbocycles. The molecule has 2 aromatic heterocycles. The number of aliphatic hydroxyl groups is 1. The smallest absolute Gasteiger partial charge is 0.274 e. The average Bonchev–Trinajstić information content (AvgIpc) is 3.03. The molecule has 0 aromatic carbocycles. The lowest BCUT2D eigenvalue weighted by Crippen LogP contribution is -2.37. The summed E-state index contributed by atoms with van der Waals surface area (Å²) in [5.74, 6) is 0.427. The molecule has 2 aliphatic rings. The van der Waals surface area contributed by atoms with Gasteiger partial charge in [0.05, 0.1) is 23.8 Å². The van der Waals surface area contributed by atoms with E-state index in [2.05, 4.69) is 26.0 Å². The zero-order chi connectivity index (χ0) is 16.9. The zero-order valence-corrected chi connectivity index (χ0v) is 13.2. The summed E-state index contributed by atoms with van der Waals surface area (Å²) in [6, 6.07) is 3.79.